The summed E-state index contributed by atoms with van der Waals surface area (Å²) in [4.78, 5) is 28.6. The number of aromatic amines is 1. The Labute approximate surface area is 183 Å². The van der Waals surface area contributed by atoms with Crippen LogP contribution in [0.5, 0.6) is 0 Å². The largest absolute Gasteiger partial charge is 0.469 e. The second-order valence-corrected chi connectivity index (χ2v) is 7.14. The SMILES string of the molecule is COC(=O)[C@H](C)CNC(=O)c1cc(F)c(-c2cn[nH]c2)nc1NCCc1cccc(F)c1. The lowest BCUT2D eigenvalue weighted by atomic mass is 10.1. The molecule has 32 heavy (non-hydrogen) atoms. The molecule has 0 unspecified atom stereocenters. The molecular weight excluding hydrogens is 420 g/mol. The highest BCUT2D eigenvalue weighted by molar-refractivity contribution is 5.99. The van der Waals surface area contributed by atoms with E-state index in [1.807, 2.05) is 0 Å². The molecule has 0 bridgehead atoms. The van der Waals surface area contributed by atoms with Gasteiger partial charge in [0, 0.05) is 24.8 Å². The van der Waals surface area contributed by atoms with Crippen molar-refractivity contribution in [3.63, 3.8) is 0 Å². The smallest absolute Gasteiger partial charge is 0.310 e. The number of methoxy groups -OCH3 is 1. The lowest BCUT2D eigenvalue weighted by Crippen LogP contribution is -2.32. The van der Waals surface area contributed by atoms with Gasteiger partial charge in [-0.1, -0.05) is 19.1 Å². The number of amides is 1. The van der Waals surface area contributed by atoms with E-state index in [4.69, 9.17) is 0 Å². The summed E-state index contributed by atoms with van der Waals surface area (Å²) in [6, 6.07) is 7.24. The van der Waals surface area contributed by atoms with Gasteiger partial charge in [-0.25, -0.2) is 13.8 Å². The molecule has 0 aliphatic rings. The number of carbonyl (C=O) groups is 2. The molecule has 0 aliphatic carbocycles. The summed E-state index contributed by atoms with van der Waals surface area (Å²) in [5.74, 6) is -2.53. The molecule has 0 saturated carbocycles. The molecule has 0 aliphatic heterocycles. The Balaban J connectivity index is 1.81. The Hall–Kier alpha value is -3.82. The number of halogens is 2. The van der Waals surface area contributed by atoms with Crippen molar-refractivity contribution in [3.8, 4) is 11.3 Å². The molecule has 1 amide bonds. The first-order valence-corrected chi connectivity index (χ1v) is 9.93. The number of esters is 1. The number of carbonyl (C=O) groups excluding carboxylic acids is 2. The van der Waals surface area contributed by atoms with Gasteiger partial charge in [0.25, 0.3) is 5.91 Å². The number of hydrogen-bond donors (Lipinski definition) is 3. The molecule has 168 valence electrons. The normalized spacial score (nSPS) is 11.6. The van der Waals surface area contributed by atoms with Crippen molar-refractivity contribution in [3.05, 3.63) is 65.5 Å². The van der Waals surface area contributed by atoms with E-state index in [9.17, 15) is 18.4 Å². The number of nitrogens with zero attached hydrogens (tertiary/aromatic N) is 2. The van der Waals surface area contributed by atoms with Crippen LogP contribution in [0.1, 0.15) is 22.8 Å². The highest BCUT2D eigenvalue weighted by Crippen LogP contribution is 2.25. The zero-order valence-corrected chi connectivity index (χ0v) is 17.6. The number of ether oxygens (including phenoxy) is 1. The molecule has 10 heteroatoms. The van der Waals surface area contributed by atoms with Crippen molar-refractivity contribution < 1.29 is 23.1 Å². The van der Waals surface area contributed by atoms with Crippen molar-refractivity contribution in [2.45, 2.75) is 13.3 Å². The third kappa shape index (κ3) is 5.65. The van der Waals surface area contributed by atoms with Gasteiger partial charge in [-0.05, 0) is 30.2 Å². The summed E-state index contributed by atoms with van der Waals surface area (Å²) >= 11 is 0. The third-order valence-electron chi connectivity index (χ3n) is 4.76. The molecule has 0 radical (unpaired) electrons. The maximum atomic E-state index is 14.7. The van der Waals surface area contributed by atoms with Crippen LogP contribution in [0.4, 0.5) is 14.6 Å². The molecule has 0 saturated heterocycles. The predicted molar refractivity (Wildman–Crippen MR) is 114 cm³/mol. The number of anilines is 1. The van der Waals surface area contributed by atoms with Crippen molar-refractivity contribution in [1.82, 2.24) is 20.5 Å². The van der Waals surface area contributed by atoms with Gasteiger partial charge < -0.3 is 15.4 Å². The Bertz CT molecular complexity index is 1090. The quantitative estimate of drug-likeness (QED) is 0.439. The number of aromatic nitrogens is 3. The molecule has 2 aromatic heterocycles. The van der Waals surface area contributed by atoms with E-state index >= 15 is 0 Å². The van der Waals surface area contributed by atoms with Crippen LogP contribution in [0.15, 0.2) is 42.7 Å². The molecule has 3 aromatic rings. The van der Waals surface area contributed by atoms with Gasteiger partial charge in [-0.2, -0.15) is 5.10 Å². The molecule has 1 aromatic carbocycles. The molecule has 3 N–H and O–H groups in total. The zero-order chi connectivity index (χ0) is 23.1. The summed E-state index contributed by atoms with van der Waals surface area (Å²) in [5.41, 5.74) is 1.17. The first-order chi connectivity index (χ1) is 15.4. The van der Waals surface area contributed by atoms with Gasteiger partial charge in [-0.15, -0.1) is 0 Å². The molecule has 0 fully saturated rings. The molecule has 3 rings (SSSR count). The van der Waals surface area contributed by atoms with Gasteiger partial charge in [0.1, 0.15) is 17.3 Å². The second kappa shape index (κ2) is 10.5. The minimum Gasteiger partial charge on any atom is -0.469 e. The van der Waals surface area contributed by atoms with Crippen LogP contribution in [-0.2, 0) is 16.0 Å². The fraction of sp³-hybridized carbons (Fsp3) is 0.273. The average molecular weight is 443 g/mol. The summed E-state index contributed by atoms with van der Waals surface area (Å²) in [7, 11) is 1.26. The number of benzene rings is 1. The topological polar surface area (TPSA) is 109 Å². The summed E-state index contributed by atoms with van der Waals surface area (Å²) in [6.07, 6.45) is 3.36. The summed E-state index contributed by atoms with van der Waals surface area (Å²) in [5, 5.41) is 12.0. The van der Waals surface area contributed by atoms with Gasteiger partial charge in [-0.3, -0.25) is 14.7 Å². The molecule has 0 spiro atoms. The van der Waals surface area contributed by atoms with Crippen molar-refractivity contribution >= 4 is 17.7 Å². The number of nitrogens with one attached hydrogen (secondary N) is 3. The lowest BCUT2D eigenvalue weighted by molar-refractivity contribution is -0.144. The van der Waals surface area contributed by atoms with Crippen LogP contribution in [0.2, 0.25) is 0 Å². The van der Waals surface area contributed by atoms with E-state index in [2.05, 4.69) is 30.6 Å². The number of H-pyrrole nitrogens is 1. The Morgan fingerprint density at radius 3 is 2.75 bits per heavy atom. The van der Waals surface area contributed by atoms with Crippen molar-refractivity contribution in [2.75, 3.05) is 25.5 Å². The van der Waals surface area contributed by atoms with E-state index in [0.717, 1.165) is 11.6 Å². The van der Waals surface area contributed by atoms with Crippen LogP contribution >= 0.6 is 0 Å². The minimum absolute atomic E-state index is 0.0132. The van der Waals surface area contributed by atoms with Crippen LogP contribution in [0.3, 0.4) is 0 Å². The van der Waals surface area contributed by atoms with E-state index in [-0.39, 0.29) is 29.4 Å². The summed E-state index contributed by atoms with van der Waals surface area (Å²) in [6.45, 7) is 1.94. The summed E-state index contributed by atoms with van der Waals surface area (Å²) < 4.78 is 32.8. The zero-order valence-electron chi connectivity index (χ0n) is 17.6. The van der Waals surface area contributed by atoms with Gasteiger partial charge in [0.2, 0.25) is 0 Å². The van der Waals surface area contributed by atoms with Gasteiger partial charge in [0.15, 0.2) is 5.82 Å². The third-order valence-corrected chi connectivity index (χ3v) is 4.76. The first kappa shape index (κ1) is 22.9. The minimum atomic E-state index is -0.701. The van der Waals surface area contributed by atoms with E-state index in [1.165, 1.54) is 31.6 Å². The van der Waals surface area contributed by atoms with E-state index < -0.39 is 23.6 Å². The maximum Gasteiger partial charge on any atom is 0.310 e. The molecule has 1 atom stereocenters. The first-order valence-electron chi connectivity index (χ1n) is 9.93. The number of rotatable bonds is 9. The fourth-order valence-corrected chi connectivity index (χ4v) is 3.02. The highest BCUT2D eigenvalue weighted by atomic mass is 19.1. The maximum absolute atomic E-state index is 14.7. The molecule has 2 heterocycles. The van der Waals surface area contributed by atoms with Crippen LogP contribution in [0, 0.1) is 17.6 Å². The second-order valence-electron chi connectivity index (χ2n) is 7.14. The lowest BCUT2D eigenvalue weighted by Gasteiger charge is -2.15. The van der Waals surface area contributed by atoms with Crippen LogP contribution < -0.4 is 10.6 Å². The van der Waals surface area contributed by atoms with Crippen LogP contribution in [0.25, 0.3) is 11.3 Å². The average Bonchev–Trinajstić information content (AvgIpc) is 3.32. The van der Waals surface area contributed by atoms with Crippen molar-refractivity contribution in [2.24, 2.45) is 5.92 Å². The van der Waals surface area contributed by atoms with Gasteiger partial charge >= 0.3 is 5.97 Å². The fourth-order valence-electron chi connectivity index (χ4n) is 3.02. The van der Waals surface area contributed by atoms with E-state index in [1.54, 1.807) is 19.1 Å². The van der Waals surface area contributed by atoms with Gasteiger partial charge in [0.05, 0.1) is 24.8 Å². The molecule has 8 nitrogen and oxygen atoms in total. The Kier molecular flexibility index (Phi) is 7.48. The Morgan fingerprint density at radius 1 is 1.25 bits per heavy atom. The number of pyridine rings is 1. The van der Waals surface area contributed by atoms with Crippen LogP contribution in [-0.4, -0.2) is 47.3 Å². The number of hydrogen-bond acceptors (Lipinski definition) is 6. The molecular formula is C22H23F2N5O3. The monoisotopic (exact) mass is 443 g/mol. The Morgan fingerprint density at radius 2 is 2.06 bits per heavy atom. The predicted octanol–water partition coefficient (Wildman–Crippen LogP) is 2.94. The van der Waals surface area contributed by atoms with Crippen molar-refractivity contribution in [1.29, 1.82) is 0 Å². The van der Waals surface area contributed by atoms with E-state index in [0.29, 0.717) is 18.5 Å². The highest BCUT2D eigenvalue weighted by Gasteiger charge is 2.21. The standard InChI is InChI=1S/C22H23F2N5O3/c1-13(22(31)32-2)10-26-21(30)17-9-18(24)19(15-11-27-28-12-15)29-20(17)25-7-6-14-4-3-5-16(23)8-14/h3-5,8-9,11-13H,6-7,10H2,1-2H3,(H,25,29)(H,26,30)(H,27,28)/t13-/m1/s1.